The number of amides is 4. The molecule has 3 heterocycles. The van der Waals surface area contributed by atoms with Gasteiger partial charge >= 0.3 is 12.1 Å². The summed E-state index contributed by atoms with van der Waals surface area (Å²) in [5, 5.41) is 25.8. The summed E-state index contributed by atoms with van der Waals surface area (Å²) in [4.78, 5) is 30.9. The largest absolute Gasteiger partial charge is 0.338 e. The van der Waals surface area contributed by atoms with Gasteiger partial charge in [-0.05, 0) is 73.2 Å². The zero-order valence-electron chi connectivity index (χ0n) is 42.2. The second-order valence-corrected chi connectivity index (χ2v) is 13.0. The van der Waals surface area contributed by atoms with Crippen LogP contribution < -0.4 is 21.3 Å². The fraction of sp³-hybridized carbons (Fsp3) is 0.211. The van der Waals surface area contributed by atoms with Crippen molar-refractivity contribution in [1.29, 1.82) is 0 Å². The second kappa shape index (κ2) is 34.1. The normalized spacial score (nSPS) is 9.26. The number of rotatable bonds is 8. The van der Waals surface area contributed by atoms with E-state index in [0.717, 1.165) is 73.4 Å². The average molecular weight is 929 g/mol. The molecule has 0 fully saturated rings. The number of imidazole rings is 1. The van der Waals surface area contributed by atoms with Crippen LogP contribution in [0, 0.1) is 0 Å². The highest BCUT2D eigenvalue weighted by Gasteiger charge is 2.10. The summed E-state index contributed by atoms with van der Waals surface area (Å²) in [6.07, 6.45) is 0. The maximum atomic E-state index is 12.1. The first-order valence-corrected chi connectivity index (χ1v) is 24.0. The number of fused-ring (bicyclic) bond motifs is 1. The van der Waals surface area contributed by atoms with E-state index < -0.39 is 0 Å². The number of hydrogen-bond donors (Lipinski definition) is 7. The van der Waals surface area contributed by atoms with Gasteiger partial charge in [0.15, 0.2) is 5.82 Å². The van der Waals surface area contributed by atoms with Crippen LogP contribution in [0.15, 0.2) is 182 Å². The molecule has 12 nitrogen and oxygen atoms in total. The topological polar surface area (TPSA) is 168 Å². The van der Waals surface area contributed by atoms with Crippen LogP contribution in [0.4, 0.5) is 26.7 Å². The van der Waals surface area contributed by atoms with Gasteiger partial charge < -0.3 is 26.3 Å². The molecule has 4 amide bonds. The number of hydrogen-bond acceptors (Lipinski definition) is 5. The maximum absolute atomic E-state index is 12.1. The van der Waals surface area contributed by atoms with E-state index in [1.165, 1.54) is 0 Å². The lowest BCUT2D eigenvalue weighted by atomic mass is 10.1. The number of H-pyrrole nitrogens is 3. The minimum atomic E-state index is -0.276. The van der Waals surface area contributed by atoms with Crippen molar-refractivity contribution >= 4 is 40.2 Å². The van der Waals surface area contributed by atoms with Crippen molar-refractivity contribution < 1.29 is 9.59 Å². The first-order valence-electron chi connectivity index (χ1n) is 24.0. The molecule has 0 bridgehead atoms. The minimum Gasteiger partial charge on any atom is -0.338 e. The summed E-state index contributed by atoms with van der Waals surface area (Å²) in [5.41, 5.74) is 11.0. The monoisotopic (exact) mass is 929 g/mol. The Kier molecular flexibility index (Phi) is 28.1. The SMILES string of the molecule is CC.CC.CC.CC.CC.CCNC(=O)Nc1ccccc1.O=C(Nc1ccccc1)Nc1ccc(-c2cc(-c3ccccc3)n[nH]2)cc1.c1ccc(-c2cc(-c3nc4ccccc4[nH]3)[nH]n2)cc1. The molecule has 0 atom stereocenters. The molecule has 0 aliphatic heterocycles. The highest BCUT2D eigenvalue weighted by atomic mass is 16.2. The van der Waals surface area contributed by atoms with Crippen molar-refractivity contribution in [3.63, 3.8) is 0 Å². The minimum absolute atomic E-state index is 0.163. The third-order valence-corrected chi connectivity index (χ3v) is 8.79. The summed E-state index contributed by atoms with van der Waals surface area (Å²) in [6, 6.07) is 58.0. The van der Waals surface area contributed by atoms with Crippen LogP contribution in [0.5, 0.6) is 0 Å². The third kappa shape index (κ3) is 19.2. The number of aromatic amines is 3. The average Bonchev–Trinajstić information content (AvgIpc) is 4.23. The molecule has 7 N–H and O–H groups in total. The maximum Gasteiger partial charge on any atom is 0.323 e. The molecule has 0 radical (unpaired) electrons. The highest BCUT2D eigenvalue weighted by Crippen LogP contribution is 2.26. The van der Waals surface area contributed by atoms with Gasteiger partial charge in [0.2, 0.25) is 0 Å². The molecule has 9 aromatic rings. The van der Waals surface area contributed by atoms with Crippen LogP contribution in [0.3, 0.4) is 0 Å². The number of urea groups is 2. The van der Waals surface area contributed by atoms with Crippen LogP contribution in [0.1, 0.15) is 76.2 Å². The van der Waals surface area contributed by atoms with Gasteiger partial charge in [0.1, 0.15) is 5.69 Å². The van der Waals surface area contributed by atoms with Gasteiger partial charge in [0.05, 0.1) is 28.1 Å². The summed E-state index contributed by atoms with van der Waals surface area (Å²) in [5.74, 6) is 0.806. The van der Waals surface area contributed by atoms with Crippen LogP contribution in [0.2, 0.25) is 0 Å². The van der Waals surface area contributed by atoms with Crippen molar-refractivity contribution in [1.82, 2.24) is 35.7 Å². The summed E-state index contributed by atoms with van der Waals surface area (Å²) >= 11 is 0. The van der Waals surface area contributed by atoms with Gasteiger partial charge in [-0.2, -0.15) is 10.2 Å². The smallest absolute Gasteiger partial charge is 0.323 e. The molecule has 0 saturated heterocycles. The Morgan fingerprint density at radius 3 is 1.29 bits per heavy atom. The molecule has 6 aromatic carbocycles. The quantitative estimate of drug-likeness (QED) is 0.0804. The molecule has 0 aliphatic carbocycles. The lowest BCUT2D eigenvalue weighted by Crippen LogP contribution is -2.28. The molecule has 0 aliphatic rings. The molecule has 3 aromatic heterocycles. The predicted octanol–water partition coefficient (Wildman–Crippen LogP) is 16.0. The number of benzene rings is 6. The molecule has 0 saturated carbocycles. The molecule has 69 heavy (non-hydrogen) atoms. The Morgan fingerprint density at radius 2 is 0.826 bits per heavy atom. The fourth-order valence-electron chi connectivity index (χ4n) is 5.91. The highest BCUT2D eigenvalue weighted by molar-refractivity contribution is 5.99. The number of nitrogens with zero attached hydrogens (tertiary/aromatic N) is 3. The van der Waals surface area contributed by atoms with Crippen molar-refractivity contribution in [2.45, 2.75) is 76.2 Å². The van der Waals surface area contributed by atoms with E-state index in [0.29, 0.717) is 6.54 Å². The number of nitrogens with one attached hydrogen (secondary N) is 7. The molecule has 0 unspecified atom stereocenters. The number of para-hydroxylation sites is 4. The van der Waals surface area contributed by atoms with Crippen molar-refractivity contribution in [2.24, 2.45) is 0 Å². The number of carbonyl (C=O) groups excluding carboxylic acids is 2. The zero-order valence-corrected chi connectivity index (χ0v) is 42.2. The van der Waals surface area contributed by atoms with E-state index in [4.69, 9.17) is 0 Å². The first-order chi connectivity index (χ1) is 34.0. The van der Waals surface area contributed by atoms with Crippen LogP contribution >= 0.6 is 0 Å². The molecule has 12 heteroatoms. The number of aromatic nitrogens is 6. The van der Waals surface area contributed by atoms with E-state index in [9.17, 15) is 9.59 Å². The van der Waals surface area contributed by atoms with E-state index in [-0.39, 0.29) is 12.1 Å². The molecular weight excluding hydrogens is 857 g/mol. The first kappa shape index (κ1) is 56.9. The summed E-state index contributed by atoms with van der Waals surface area (Å²) < 4.78 is 0. The van der Waals surface area contributed by atoms with Gasteiger partial charge in [0, 0.05) is 34.7 Å². The van der Waals surface area contributed by atoms with E-state index >= 15 is 0 Å². The van der Waals surface area contributed by atoms with Gasteiger partial charge in [-0.15, -0.1) is 0 Å². The van der Waals surface area contributed by atoms with Gasteiger partial charge in [-0.1, -0.05) is 191 Å². The van der Waals surface area contributed by atoms with E-state index in [2.05, 4.69) is 51.6 Å². The molecular formula is C57H72N10O2. The van der Waals surface area contributed by atoms with Crippen LogP contribution in [0.25, 0.3) is 56.3 Å². The predicted molar refractivity (Wildman–Crippen MR) is 294 cm³/mol. The van der Waals surface area contributed by atoms with Crippen molar-refractivity contribution in [2.75, 3.05) is 22.5 Å². The van der Waals surface area contributed by atoms with Gasteiger partial charge in [-0.3, -0.25) is 10.2 Å². The standard InChI is InChI=1S/C22H18N4O.C16H12N4.C9H12N2O.5C2H6/c27-22(23-18-9-5-2-6-10-18)24-19-13-11-17(12-14-19)21-15-20(25-26-21)16-7-3-1-4-8-16;1-2-6-11(7-3-1)14-10-15(20-19-14)16-17-12-8-4-5-9-13(12)18-16;1-2-10-9(12)11-8-6-4-3-5-7-8;5*1-2/h1-15H,(H,25,26)(H2,23,24,27);1-10H,(H,17,18)(H,19,20);3-7H,2H2,1H3,(H2,10,11,12);5*1-2H3. The van der Waals surface area contributed by atoms with Crippen LogP contribution in [-0.2, 0) is 0 Å². The number of carbonyl (C=O) groups is 2. The van der Waals surface area contributed by atoms with E-state index in [1.807, 2.05) is 258 Å². The Balaban J connectivity index is 0.000000343. The third-order valence-electron chi connectivity index (χ3n) is 8.79. The molecule has 9 rings (SSSR count). The van der Waals surface area contributed by atoms with Gasteiger partial charge in [0.25, 0.3) is 0 Å². The molecule has 0 spiro atoms. The lowest BCUT2D eigenvalue weighted by Gasteiger charge is -2.08. The van der Waals surface area contributed by atoms with E-state index in [1.54, 1.807) is 0 Å². The summed E-state index contributed by atoms with van der Waals surface area (Å²) in [6.45, 7) is 22.5. The van der Waals surface area contributed by atoms with Crippen molar-refractivity contribution in [3.05, 3.63) is 182 Å². The van der Waals surface area contributed by atoms with Gasteiger partial charge in [-0.25, -0.2) is 14.6 Å². The second-order valence-electron chi connectivity index (χ2n) is 13.0. The zero-order chi connectivity index (χ0) is 50.7. The lowest BCUT2D eigenvalue weighted by molar-refractivity contribution is 0.252. The molecule has 362 valence electrons. The Morgan fingerprint density at radius 1 is 0.435 bits per heavy atom. The Bertz CT molecular complexity index is 2650. The van der Waals surface area contributed by atoms with Crippen LogP contribution in [-0.4, -0.2) is 49.0 Å². The Hall–Kier alpha value is -8.25. The van der Waals surface area contributed by atoms with Crippen molar-refractivity contribution in [3.8, 4) is 45.3 Å². The number of anilines is 3. The summed E-state index contributed by atoms with van der Waals surface area (Å²) in [7, 11) is 0. The Labute approximate surface area is 409 Å². The fourth-order valence-corrected chi connectivity index (χ4v) is 5.91.